The summed E-state index contributed by atoms with van der Waals surface area (Å²) in [4.78, 5) is 12.2. The summed E-state index contributed by atoms with van der Waals surface area (Å²) < 4.78 is 65.2. The molecule has 0 spiro atoms. The number of rotatable bonds is 7. The van der Waals surface area contributed by atoms with Gasteiger partial charge in [-0.25, -0.2) is 13.1 Å². The first-order valence-corrected chi connectivity index (χ1v) is 9.70. The Kier molecular flexibility index (Phi) is 6.61. The van der Waals surface area contributed by atoms with Gasteiger partial charge in [-0.15, -0.1) is 0 Å². The van der Waals surface area contributed by atoms with Crippen LogP contribution in [0.25, 0.3) is 0 Å². The molecule has 27 heavy (non-hydrogen) atoms. The highest BCUT2D eigenvalue weighted by Crippen LogP contribution is 2.29. The monoisotopic (exact) mass is 400 g/mol. The zero-order chi connectivity index (χ0) is 20.1. The Hall–Kier alpha value is -2.39. The predicted molar refractivity (Wildman–Crippen MR) is 95.9 cm³/mol. The van der Waals surface area contributed by atoms with Crippen molar-refractivity contribution in [3.8, 4) is 0 Å². The number of carbonyl (C=O) groups is 1. The van der Waals surface area contributed by atoms with E-state index in [4.69, 9.17) is 0 Å². The smallest absolute Gasteiger partial charge is 0.322 e. The lowest BCUT2D eigenvalue weighted by atomic mass is 10.1. The highest BCUT2D eigenvalue weighted by atomic mass is 32.2. The SMILES string of the molecule is CCCCNS(=O)(=O)c1cccc(NC(=O)c2cccc(C(F)(F)F)c2)c1. The van der Waals surface area contributed by atoms with Gasteiger partial charge in [-0.3, -0.25) is 4.79 Å². The highest BCUT2D eigenvalue weighted by molar-refractivity contribution is 7.89. The lowest BCUT2D eigenvalue weighted by Gasteiger charge is -2.11. The predicted octanol–water partition coefficient (Wildman–Crippen LogP) is 4.04. The minimum atomic E-state index is -4.56. The van der Waals surface area contributed by atoms with Crippen LogP contribution < -0.4 is 10.0 Å². The number of benzene rings is 2. The third-order valence-electron chi connectivity index (χ3n) is 3.68. The summed E-state index contributed by atoms with van der Waals surface area (Å²) in [6.45, 7) is 2.22. The van der Waals surface area contributed by atoms with Crippen molar-refractivity contribution in [2.75, 3.05) is 11.9 Å². The van der Waals surface area contributed by atoms with Crippen molar-refractivity contribution in [2.24, 2.45) is 0 Å². The van der Waals surface area contributed by atoms with E-state index in [9.17, 15) is 26.4 Å². The topological polar surface area (TPSA) is 75.3 Å². The van der Waals surface area contributed by atoms with E-state index in [-0.39, 0.29) is 16.1 Å². The molecule has 9 heteroatoms. The molecule has 2 rings (SSSR count). The van der Waals surface area contributed by atoms with E-state index in [1.807, 2.05) is 6.92 Å². The Morgan fingerprint density at radius 3 is 2.44 bits per heavy atom. The number of hydrogen-bond donors (Lipinski definition) is 2. The maximum atomic E-state index is 12.8. The number of sulfonamides is 1. The second-order valence-corrected chi connectivity index (χ2v) is 7.58. The van der Waals surface area contributed by atoms with E-state index in [2.05, 4.69) is 10.0 Å². The molecule has 0 radical (unpaired) electrons. The van der Waals surface area contributed by atoms with Gasteiger partial charge in [0.15, 0.2) is 0 Å². The molecule has 1 amide bonds. The van der Waals surface area contributed by atoms with Crippen molar-refractivity contribution in [3.63, 3.8) is 0 Å². The van der Waals surface area contributed by atoms with Crippen molar-refractivity contribution in [2.45, 2.75) is 30.8 Å². The van der Waals surface area contributed by atoms with Crippen molar-refractivity contribution in [1.82, 2.24) is 4.72 Å². The van der Waals surface area contributed by atoms with Crippen LogP contribution in [0.2, 0.25) is 0 Å². The van der Waals surface area contributed by atoms with Gasteiger partial charge in [0.05, 0.1) is 10.5 Å². The molecule has 0 bridgehead atoms. The van der Waals surface area contributed by atoms with Crippen LogP contribution in [0.1, 0.15) is 35.7 Å². The number of carbonyl (C=O) groups excluding carboxylic acids is 1. The molecule has 2 aromatic rings. The van der Waals surface area contributed by atoms with E-state index < -0.39 is 27.7 Å². The second kappa shape index (κ2) is 8.53. The van der Waals surface area contributed by atoms with Gasteiger partial charge in [0, 0.05) is 17.8 Å². The maximum absolute atomic E-state index is 12.8. The minimum absolute atomic E-state index is 0.0413. The molecule has 0 aliphatic rings. The summed E-state index contributed by atoms with van der Waals surface area (Å²) in [6, 6.07) is 9.50. The summed E-state index contributed by atoms with van der Waals surface area (Å²) in [5, 5.41) is 2.42. The number of amides is 1. The molecular weight excluding hydrogens is 381 g/mol. The quantitative estimate of drug-likeness (QED) is 0.689. The molecular formula is C18H19F3N2O3S. The lowest BCUT2D eigenvalue weighted by molar-refractivity contribution is -0.137. The van der Waals surface area contributed by atoms with E-state index in [0.29, 0.717) is 13.0 Å². The van der Waals surface area contributed by atoms with E-state index in [1.165, 1.54) is 30.3 Å². The lowest BCUT2D eigenvalue weighted by Crippen LogP contribution is -2.24. The van der Waals surface area contributed by atoms with Gasteiger partial charge in [-0.1, -0.05) is 25.5 Å². The first-order valence-electron chi connectivity index (χ1n) is 8.22. The first kappa shape index (κ1) is 20.9. The number of unbranched alkanes of at least 4 members (excludes halogenated alkanes) is 1. The van der Waals surface area contributed by atoms with E-state index in [0.717, 1.165) is 24.6 Å². The van der Waals surface area contributed by atoms with Gasteiger partial charge in [0.2, 0.25) is 10.0 Å². The Bertz CT molecular complexity index is 912. The number of anilines is 1. The summed E-state index contributed by atoms with van der Waals surface area (Å²) in [5.74, 6) is -0.769. The largest absolute Gasteiger partial charge is 0.416 e. The molecule has 0 saturated carbocycles. The molecule has 0 aliphatic heterocycles. The number of nitrogens with one attached hydrogen (secondary N) is 2. The van der Waals surface area contributed by atoms with Gasteiger partial charge < -0.3 is 5.32 Å². The standard InChI is InChI=1S/C18H19F3N2O3S/c1-2-3-10-22-27(25,26)16-9-5-8-15(12-16)23-17(24)13-6-4-7-14(11-13)18(19,20)21/h4-9,11-12,22H,2-3,10H2,1H3,(H,23,24). The zero-order valence-electron chi connectivity index (χ0n) is 14.5. The van der Waals surface area contributed by atoms with Crippen LogP contribution >= 0.6 is 0 Å². The fourth-order valence-corrected chi connectivity index (χ4v) is 3.37. The summed E-state index contributed by atoms with van der Waals surface area (Å²) in [7, 11) is -3.73. The van der Waals surface area contributed by atoms with Gasteiger partial charge in [0.25, 0.3) is 5.91 Å². The molecule has 2 aromatic carbocycles. The third-order valence-corrected chi connectivity index (χ3v) is 5.14. The maximum Gasteiger partial charge on any atom is 0.416 e. The number of hydrogen-bond acceptors (Lipinski definition) is 3. The fraction of sp³-hybridized carbons (Fsp3) is 0.278. The zero-order valence-corrected chi connectivity index (χ0v) is 15.3. The third kappa shape index (κ3) is 5.80. The van der Waals surface area contributed by atoms with Gasteiger partial charge in [-0.2, -0.15) is 13.2 Å². The fourth-order valence-electron chi connectivity index (χ4n) is 2.25. The van der Waals surface area contributed by atoms with Crippen LogP contribution in [-0.2, 0) is 16.2 Å². The Labute approximate surface area is 155 Å². The molecule has 0 heterocycles. The van der Waals surface area contributed by atoms with Crippen molar-refractivity contribution in [3.05, 3.63) is 59.7 Å². The summed E-state index contributed by atoms with van der Waals surface area (Å²) >= 11 is 0. The average Bonchev–Trinajstić information content (AvgIpc) is 2.61. The first-order chi connectivity index (χ1) is 12.6. The Balaban J connectivity index is 2.18. The molecule has 5 nitrogen and oxygen atoms in total. The molecule has 0 aromatic heterocycles. The van der Waals surface area contributed by atoms with Crippen molar-refractivity contribution in [1.29, 1.82) is 0 Å². The number of alkyl halides is 3. The van der Waals surface area contributed by atoms with Crippen LogP contribution in [0, 0.1) is 0 Å². The molecule has 0 fully saturated rings. The summed E-state index contributed by atoms with van der Waals surface area (Å²) in [6.07, 6.45) is -3.05. The Morgan fingerprint density at radius 2 is 1.78 bits per heavy atom. The van der Waals surface area contributed by atoms with E-state index >= 15 is 0 Å². The molecule has 0 unspecified atom stereocenters. The van der Waals surface area contributed by atoms with Crippen LogP contribution in [0.3, 0.4) is 0 Å². The molecule has 0 atom stereocenters. The van der Waals surface area contributed by atoms with Crippen LogP contribution in [0.5, 0.6) is 0 Å². The highest BCUT2D eigenvalue weighted by Gasteiger charge is 2.30. The van der Waals surface area contributed by atoms with Crippen LogP contribution in [0.4, 0.5) is 18.9 Å². The van der Waals surface area contributed by atoms with Crippen molar-refractivity contribution >= 4 is 21.6 Å². The van der Waals surface area contributed by atoms with Gasteiger partial charge in [-0.05, 0) is 42.8 Å². The van der Waals surface area contributed by atoms with Crippen LogP contribution in [-0.4, -0.2) is 20.9 Å². The van der Waals surface area contributed by atoms with Gasteiger partial charge in [0.1, 0.15) is 0 Å². The molecule has 2 N–H and O–H groups in total. The number of halogens is 3. The Morgan fingerprint density at radius 1 is 1.07 bits per heavy atom. The summed E-state index contributed by atoms with van der Waals surface area (Å²) in [5.41, 5.74) is -0.957. The van der Waals surface area contributed by atoms with E-state index in [1.54, 1.807) is 0 Å². The molecule has 146 valence electrons. The normalized spacial score (nSPS) is 12.0. The minimum Gasteiger partial charge on any atom is -0.322 e. The molecule has 0 aliphatic carbocycles. The van der Waals surface area contributed by atoms with Crippen LogP contribution in [0.15, 0.2) is 53.4 Å². The second-order valence-electron chi connectivity index (χ2n) is 5.81. The molecule has 0 saturated heterocycles. The van der Waals surface area contributed by atoms with Crippen molar-refractivity contribution < 1.29 is 26.4 Å². The van der Waals surface area contributed by atoms with Gasteiger partial charge >= 0.3 is 6.18 Å². The average molecular weight is 400 g/mol.